The number of benzene rings is 3. The van der Waals surface area contributed by atoms with E-state index >= 15 is 0 Å². The highest BCUT2D eigenvalue weighted by Crippen LogP contribution is 2.34. The molecule has 3 aromatic carbocycles. The molecule has 1 amide bonds. The van der Waals surface area contributed by atoms with Gasteiger partial charge >= 0.3 is 0 Å². The predicted octanol–water partition coefficient (Wildman–Crippen LogP) is 5.93. The van der Waals surface area contributed by atoms with Gasteiger partial charge in [-0.1, -0.05) is 42.5 Å². The summed E-state index contributed by atoms with van der Waals surface area (Å²) in [5.74, 6) is 1.08. The van der Waals surface area contributed by atoms with Crippen LogP contribution in [0.3, 0.4) is 0 Å². The Kier molecular flexibility index (Phi) is 6.40. The minimum atomic E-state index is 0.0233. The second-order valence-electron chi connectivity index (χ2n) is 9.86. The maximum Gasteiger partial charge on any atom is 0.264 e. The number of rotatable bonds is 6. The summed E-state index contributed by atoms with van der Waals surface area (Å²) in [6, 6.07) is 27.3. The van der Waals surface area contributed by atoms with Gasteiger partial charge in [-0.3, -0.25) is 4.79 Å². The molecule has 0 aliphatic carbocycles. The largest absolute Gasteiger partial charge is 0.357 e. The zero-order chi connectivity index (χ0) is 25.4. The molecule has 0 spiro atoms. The molecule has 0 saturated carbocycles. The van der Waals surface area contributed by atoms with Gasteiger partial charge in [0.2, 0.25) is 0 Å². The molecule has 1 aliphatic heterocycles. The number of hydrogen-bond donors (Lipinski definition) is 1. The lowest BCUT2D eigenvalue weighted by Crippen LogP contribution is -2.46. The van der Waals surface area contributed by atoms with Gasteiger partial charge in [0, 0.05) is 43.1 Å². The number of carbonyl (C=O) groups excluding carboxylic acids is 1. The normalized spacial score (nSPS) is 15.4. The van der Waals surface area contributed by atoms with E-state index in [0.29, 0.717) is 0 Å². The Bertz CT molecular complexity index is 1500. The number of hydrogen-bond acceptors (Lipinski definition) is 5. The van der Waals surface area contributed by atoms with Gasteiger partial charge in [0.15, 0.2) is 0 Å². The molecule has 188 valence electrons. The molecule has 3 heterocycles. The van der Waals surface area contributed by atoms with Crippen LogP contribution in [0.25, 0.3) is 21.1 Å². The van der Waals surface area contributed by atoms with Crippen LogP contribution in [-0.2, 0) is 6.54 Å². The van der Waals surface area contributed by atoms with E-state index in [-0.39, 0.29) is 11.9 Å². The smallest absolute Gasteiger partial charge is 0.264 e. The Morgan fingerprint density at radius 3 is 2.54 bits per heavy atom. The standard InChI is InChI=1S/C30H31N5OS/c1-21(29-31-25-10-6-7-11-26(25)32-29)35(20-22-8-4-3-5-9-22)24-12-13-27-23(18-24)19-28(37-27)30(36)34-16-14-33(2)15-17-34/h3-13,18-19,21H,14-17,20H2,1-2H3,(H,31,32). The number of H-pyrrole nitrogens is 1. The SMILES string of the molecule is CC(c1nc2ccccc2[nH]1)N(Cc1ccccc1)c1ccc2sc(C(=O)N3CCN(C)CC3)cc2c1. The van der Waals surface area contributed by atoms with Gasteiger partial charge in [0.25, 0.3) is 5.91 Å². The minimum absolute atomic E-state index is 0.0233. The Morgan fingerprint density at radius 1 is 1.00 bits per heavy atom. The van der Waals surface area contributed by atoms with Crippen molar-refractivity contribution in [2.75, 3.05) is 38.1 Å². The van der Waals surface area contributed by atoms with Gasteiger partial charge in [-0.05, 0) is 61.3 Å². The van der Waals surface area contributed by atoms with Crippen LogP contribution < -0.4 is 4.90 Å². The number of thiophene rings is 1. The van der Waals surface area contributed by atoms with Crippen LogP contribution in [0, 0.1) is 0 Å². The lowest BCUT2D eigenvalue weighted by atomic mass is 10.1. The lowest BCUT2D eigenvalue weighted by Gasteiger charge is -2.32. The number of carbonyl (C=O) groups is 1. The van der Waals surface area contributed by atoms with Crippen LogP contribution >= 0.6 is 11.3 Å². The van der Waals surface area contributed by atoms with Crippen LogP contribution in [0.2, 0.25) is 0 Å². The Morgan fingerprint density at radius 2 is 1.76 bits per heavy atom. The van der Waals surface area contributed by atoms with Crippen molar-refractivity contribution in [3.05, 3.63) is 95.1 Å². The number of piperazine rings is 1. The number of anilines is 1. The topological polar surface area (TPSA) is 55.5 Å². The fourth-order valence-corrected chi connectivity index (χ4v) is 6.04. The van der Waals surface area contributed by atoms with Gasteiger partial charge in [-0.15, -0.1) is 11.3 Å². The summed E-state index contributed by atoms with van der Waals surface area (Å²) >= 11 is 1.59. The van der Waals surface area contributed by atoms with Crippen molar-refractivity contribution >= 4 is 44.1 Å². The molecule has 1 saturated heterocycles. The summed E-state index contributed by atoms with van der Waals surface area (Å²) in [6.45, 7) is 6.37. The zero-order valence-electron chi connectivity index (χ0n) is 21.2. The molecule has 6 rings (SSSR count). The van der Waals surface area contributed by atoms with E-state index in [9.17, 15) is 4.79 Å². The third kappa shape index (κ3) is 4.84. The number of aromatic nitrogens is 2. The molecule has 7 heteroatoms. The first-order valence-electron chi connectivity index (χ1n) is 12.8. The fourth-order valence-electron chi connectivity index (χ4n) is 5.03. The second-order valence-corrected chi connectivity index (χ2v) is 10.9. The predicted molar refractivity (Wildman–Crippen MR) is 152 cm³/mol. The molecule has 1 aliphatic rings. The lowest BCUT2D eigenvalue weighted by molar-refractivity contribution is 0.0669. The number of nitrogens with zero attached hydrogens (tertiary/aromatic N) is 4. The van der Waals surface area contributed by atoms with E-state index in [1.165, 1.54) is 5.56 Å². The summed E-state index contributed by atoms with van der Waals surface area (Å²) in [6.07, 6.45) is 0. The summed E-state index contributed by atoms with van der Waals surface area (Å²) in [5, 5.41) is 1.11. The second kappa shape index (κ2) is 10.00. The molecule has 1 N–H and O–H groups in total. The highest BCUT2D eigenvalue weighted by atomic mass is 32.1. The van der Waals surface area contributed by atoms with Crippen molar-refractivity contribution in [3.63, 3.8) is 0 Å². The molecule has 1 fully saturated rings. The monoisotopic (exact) mass is 509 g/mol. The zero-order valence-corrected chi connectivity index (χ0v) is 22.0. The fraction of sp³-hybridized carbons (Fsp3) is 0.267. The molecule has 0 bridgehead atoms. The summed E-state index contributed by atoms with van der Waals surface area (Å²) in [5.41, 5.74) is 4.37. The molecule has 6 nitrogen and oxygen atoms in total. The van der Waals surface area contributed by atoms with Crippen molar-refractivity contribution in [2.45, 2.75) is 19.5 Å². The van der Waals surface area contributed by atoms with Gasteiger partial charge in [-0.2, -0.15) is 0 Å². The van der Waals surface area contributed by atoms with E-state index in [2.05, 4.69) is 83.4 Å². The maximum absolute atomic E-state index is 13.2. The Labute approximate surface area is 221 Å². The van der Waals surface area contributed by atoms with Gasteiger partial charge in [-0.25, -0.2) is 4.98 Å². The summed E-state index contributed by atoms with van der Waals surface area (Å²) < 4.78 is 1.14. The number of imidazole rings is 1. The molecule has 1 atom stereocenters. The van der Waals surface area contributed by atoms with Crippen molar-refractivity contribution in [2.24, 2.45) is 0 Å². The minimum Gasteiger partial charge on any atom is -0.357 e. The third-order valence-corrected chi connectivity index (χ3v) is 8.40. The highest BCUT2D eigenvalue weighted by molar-refractivity contribution is 7.20. The van der Waals surface area contributed by atoms with Gasteiger partial charge in [0.05, 0.1) is 22.0 Å². The molecule has 37 heavy (non-hydrogen) atoms. The first-order valence-corrected chi connectivity index (χ1v) is 13.6. The van der Waals surface area contributed by atoms with E-state index in [1.54, 1.807) is 11.3 Å². The molecule has 0 radical (unpaired) electrons. The number of amides is 1. The Hall–Kier alpha value is -3.68. The maximum atomic E-state index is 13.2. The molecule has 1 unspecified atom stereocenters. The summed E-state index contributed by atoms with van der Waals surface area (Å²) in [4.78, 5) is 29.1. The summed E-state index contributed by atoms with van der Waals surface area (Å²) in [7, 11) is 2.11. The number of fused-ring (bicyclic) bond motifs is 2. The van der Waals surface area contributed by atoms with Crippen LogP contribution in [-0.4, -0.2) is 58.9 Å². The van der Waals surface area contributed by atoms with Crippen LogP contribution in [0.1, 0.15) is 34.0 Å². The molecule has 5 aromatic rings. The number of para-hydroxylation sites is 2. The highest BCUT2D eigenvalue weighted by Gasteiger charge is 2.24. The van der Waals surface area contributed by atoms with Crippen LogP contribution in [0.5, 0.6) is 0 Å². The molecular formula is C30H31N5OS. The van der Waals surface area contributed by atoms with E-state index in [4.69, 9.17) is 4.98 Å². The average Bonchev–Trinajstić information content (AvgIpc) is 3.56. The first-order chi connectivity index (χ1) is 18.0. The van der Waals surface area contributed by atoms with Gasteiger partial charge in [0.1, 0.15) is 5.82 Å². The number of likely N-dealkylation sites (N-methyl/N-ethyl adjacent to an activating group) is 1. The van der Waals surface area contributed by atoms with Crippen LogP contribution in [0.15, 0.2) is 78.9 Å². The van der Waals surface area contributed by atoms with Crippen molar-refractivity contribution < 1.29 is 4.79 Å². The third-order valence-electron chi connectivity index (χ3n) is 7.30. The molecular weight excluding hydrogens is 478 g/mol. The van der Waals surface area contributed by atoms with Crippen molar-refractivity contribution in [1.82, 2.24) is 19.8 Å². The Balaban J connectivity index is 1.33. The van der Waals surface area contributed by atoms with E-state index in [0.717, 1.165) is 70.2 Å². The van der Waals surface area contributed by atoms with E-state index in [1.807, 2.05) is 29.2 Å². The quantitative estimate of drug-likeness (QED) is 0.308. The molecule has 2 aromatic heterocycles. The average molecular weight is 510 g/mol. The van der Waals surface area contributed by atoms with Crippen LogP contribution in [0.4, 0.5) is 5.69 Å². The van der Waals surface area contributed by atoms with Crippen molar-refractivity contribution in [3.8, 4) is 0 Å². The number of aromatic amines is 1. The van der Waals surface area contributed by atoms with Crippen molar-refractivity contribution in [1.29, 1.82) is 0 Å². The van der Waals surface area contributed by atoms with E-state index < -0.39 is 0 Å². The first kappa shape index (κ1) is 23.7. The number of nitrogens with one attached hydrogen (secondary N) is 1. The van der Waals surface area contributed by atoms with Gasteiger partial charge < -0.3 is 19.7 Å².